The molecule has 0 aliphatic rings. The van der Waals surface area contributed by atoms with Gasteiger partial charge in [0.2, 0.25) is 5.91 Å². The Bertz CT molecular complexity index is 635. The molecule has 0 saturated carbocycles. The van der Waals surface area contributed by atoms with Crippen molar-refractivity contribution in [3.05, 3.63) is 29.6 Å². The second-order valence-corrected chi connectivity index (χ2v) is 5.48. The molecule has 1 N–H and O–H groups in total. The van der Waals surface area contributed by atoms with Crippen LogP contribution >= 0.6 is 11.3 Å². The predicted octanol–water partition coefficient (Wildman–Crippen LogP) is 4.17. The van der Waals surface area contributed by atoms with Crippen LogP contribution in [-0.4, -0.2) is 5.91 Å². The fourth-order valence-corrected chi connectivity index (χ4v) is 2.85. The van der Waals surface area contributed by atoms with E-state index in [2.05, 4.69) is 11.4 Å². The number of carbonyl (C=O) groups is 1. The topological polar surface area (TPSA) is 52.9 Å². The largest absolute Gasteiger partial charge is 0.325 e. The second-order valence-electron chi connectivity index (χ2n) is 4.53. The van der Waals surface area contributed by atoms with Crippen molar-refractivity contribution in [3.8, 4) is 6.07 Å². The molecular weight excluding hydrogens is 256 g/mol. The van der Waals surface area contributed by atoms with Gasteiger partial charge in [-0.1, -0.05) is 13.8 Å². The van der Waals surface area contributed by atoms with Crippen molar-refractivity contribution in [2.24, 2.45) is 5.41 Å². The molecule has 0 unspecified atom stereocenters. The summed E-state index contributed by atoms with van der Waals surface area (Å²) in [5.41, 5.74) is -0.179. The molecule has 2 rings (SSSR count). The number of hydrogen-bond acceptors (Lipinski definition) is 3. The summed E-state index contributed by atoms with van der Waals surface area (Å²) >= 11 is 1.67. The summed E-state index contributed by atoms with van der Waals surface area (Å²) in [6.45, 7) is 3.74. The average molecular weight is 272 g/mol. The molecule has 98 valence electrons. The van der Waals surface area contributed by atoms with Crippen LogP contribution in [0.2, 0.25) is 0 Å². The molecule has 0 bridgehead atoms. The maximum atomic E-state index is 12.3. The number of carbonyl (C=O) groups excluding carboxylic acids is 1. The van der Waals surface area contributed by atoms with Gasteiger partial charge >= 0.3 is 0 Å². The van der Waals surface area contributed by atoms with E-state index in [9.17, 15) is 10.1 Å². The van der Waals surface area contributed by atoms with Crippen LogP contribution in [0.5, 0.6) is 0 Å². The molecule has 0 atom stereocenters. The van der Waals surface area contributed by atoms with Gasteiger partial charge in [-0.05, 0) is 47.9 Å². The van der Waals surface area contributed by atoms with Gasteiger partial charge in [0.1, 0.15) is 5.41 Å². The van der Waals surface area contributed by atoms with Crippen LogP contribution in [0, 0.1) is 16.7 Å². The summed E-state index contributed by atoms with van der Waals surface area (Å²) in [6.07, 6.45) is 1.04. The molecule has 4 heteroatoms. The van der Waals surface area contributed by atoms with E-state index >= 15 is 0 Å². The minimum atomic E-state index is -0.927. The van der Waals surface area contributed by atoms with Crippen LogP contribution in [0.25, 0.3) is 10.1 Å². The maximum Gasteiger partial charge on any atom is 0.244 e. The highest BCUT2D eigenvalue weighted by atomic mass is 32.1. The van der Waals surface area contributed by atoms with E-state index in [0.717, 1.165) is 11.1 Å². The molecule has 1 heterocycles. The third kappa shape index (κ3) is 2.47. The lowest BCUT2D eigenvalue weighted by Gasteiger charge is -2.22. The van der Waals surface area contributed by atoms with Crippen LogP contribution in [0.4, 0.5) is 5.69 Å². The molecular formula is C15H16N2OS. The Hall–Kier alpha value is -1.86. The smallest absolute Gasteiger partial charge is 0.244 e. The zero-order valence-corrected chi connectivity index (χ0v) is 11.9. The number of nitriles is 1. The first kappa shape index (κ1) is 13.6. The Morgan fingerprint density at radius 3 is 2.74 bits per heavy atom. The molecule has 2 aromatic rings. The Kier molecular flexibility index (Phi) is 3.87. The number of rotatable bonds is 4. The molecule has 0 aliphatic carbocycles. The number of fused-ring (bicyclic) bond motifs is 1. The zero-order chi connectivity index (χ0) is 13.9. The highest BCUT2D eigenvalue weighted by Crippen LogP contribution is 2.29. The first-order valence-electron chi connectivity index (χ1n) is 6.35. The highest BCUT2D eigenvalue weighted by Gasteiger charge is 2.34. The molecule has 0 spiro atoms. The lowest BCUT2D eigenvalue weighted by atomic mass is 9.83. The monoisotopic (exact) mass is 272 g/mol. The Morgan fingerprint density at radius 2 is 2.11 bits per heavy atom. The van der Waals surface area contributed by atoms with Gasteiger partial charge in [-0.2, -0.15) is 5.26 Å². The van der Waals surface area contributed by atoms with Gasteiger partial charge in [-0.3, -0.25) is 4.79 Å². The predicted molar refractivity (Wildman–Crippen MR) is 79.1 cm³/mol. The fraction of sp³-hybridized carbons (Fsp3) is 0.333. The van der Waals surface area contributed by atoms with Gasteiger partial charge in [0.05, 0.1) is 6.07 Å². The SMILES string of the molecule is CCC(C#N)(CC)C(=O)Nc1ccc2sccc2c1. The number of amides is 1. The molecule has 1 amide bonds. The van der Waals surface area contributed by atoms with E-state index < -0.39 is 5.41 Å². The van der Waals surface area contributed by atoms with Gasteiger partial charge < -0.3 is 5.32 Å². The van der Waals surface area contributed by atoms with Crippen LogP contribution < -0.4 is 5.32 Å². The van der Waals surface area contributed by atoms with Crippen LogP contribution in [0.1, 0.15) is 26.7 Å². The maximum absolute atomic E-state index is 12.3. The number of nitrogens with one attached hydrogen (secondary N) is 1. The van der Waals surface area contributed by atoms with Crippen LogP contribution in [-0.2, 0) is 4.79 Å². The molecule has 3 nitrogen and oxygen atoms in total. The van der Waals surface area contributed by atoms with Gasteiger partial charge in [-0.15, -0.1) is 11.3 Å². The highest BCUT2D eigenvalue weighted by molar-refractivity contribution is 7.17. The van der Waals surface area contributed by atoms with Crippen molar-refractivity contribution in [2.45, 2.75) is 26.7 Å². The number of thiophene rings is 1. The standard InChI is InChI=1S/C15H16N2OS/c1-3-15(4-2,10-16)14(18)17-12-5-6-13-11(9-12)7-8-19-13/h5-9H,3-4H2,1-2H3,(H,17,18). The normalized spacial score (nSPS) is 11.2. The van der Waals surface area contributed by atoms with Gasteiger partial charge in [0.25, 0.3) is 0 Å². The van der Waals surface area contributed by atoms with Crippen molar-refractivity contribution < 1.29 is 4.79 Å². The van der Waals surface area contributed by atoms with Crippen molar-refractivity contribution in [1.29, 1.82) is 5.26 Å². The molecule has 0 saturated heterocycles. The lowest BCUT2D eigenvalue weighted by molar-refractivity contribution is -0.123. The van der Waals surface area contributed by atoms with Gasteiger partial charge in [0, 0.05) is 10.4 Å². The number of hydrogen-bond donors (Lipinski definition) is 1. The average Bonchev–Trinajstić information content (AvgIpc) is 2.89. The zero-order valence-electron chi connectivity index (χ0n) is 11.1. The summed E-state index contributed by atoms with van der Waals surface area (Å²) in [5.74, 6) is -0.213. The van der Waals surface area contributed by atoms with E-state index in [4.69, 9.17) is 0 Å². The van der Waals surface area contributed by atoms with E-state index in [1.807, 2.05) is 43.5 Å². The fourth-order valence-electron chi connectivity index (χ4n) is 2.08. The third-order valence-electron chi connectivity index (χ3n) is 3.57. The summed E-state index contributed by atoms with van der Waals surface area (Å²) in [5, 5.41) is 15.2. The summed E-state index contributed by atoms with van der Waals surface area (Å²) in [7, 11) is 0. The van der Waals surface area contributed by atoms with Crippen molar-refractivity contribution in [2.75, 3.05) is 5.32 Å². The van der Waals surface area contributed by atoms with Crippen LogP contribution in [0.3, 0.4) is 0 Å². The van der Waals surface area contributed by atoms with E-state index in [1.54, 1.807) is 11.3 Å². The van der Waals surface area contributed by atoms with Gasteiger partial charge in [0.15, 0.2) is 0 Å². The Labute approximate surface area is 116 Å². The number of benzene rings is 1. The molecule has 0 aliphatic heterocycles. The van der Waals surface area contributed by atoms with Crippen molar-refractivity contribution in [1.82, 2.24) is 0 Å². The van der Waals surface area contributed by atoms with E-state index in [1.165, 1.54) is 4.70 Å². The molecule has 1 aromatic heterocycles. The second kappa shape index (κ2) is 5.41. The lowest BCUT2D eigenvalue weighted by Crippen LogP contribution is -2.33. The molecule has 19 heavy (non-hydrogen) atoms. The molecule has 1 aromatic carbocycles. The van der Waals surface area contributed by atoms with E-state index in [0.29, 0.717) is 12.8 Å². The minimum absolute atomic E-state index is 0.213. The quantitative estimate of drug-likeness (QED) is 0.908. The van der Waals surface area contributed by atoms with Crippen molar-refractivity contribution in [3.63, 3.8) is 0 Å². The van der Waals surface area contributed by atoms with E-state index in [-0.39, 0.29) is 5.91 Å². The van der Waals surface area contributed by atoms with Crippen LogP contribution in [0.15, 0.2) is 29.6 Å². The number of nitrogens with zero attached hydrogens (tertiary/aromatic N) is 1. The Balaban J connectivity index is 2.25. The molecule has 0 fully saturated rings. The first-order chi connectivity index (χ1) is 9.15. The minimum Gasteiger partial charge on any atom is -0.325 e. The third-order valence-corrected chi connectivity index (χ3v) is 4.46. The summed E-state index contributed by atoms with van der Waals surface area (Å²) in [4.78, 5) is 12.3. The summed E-state index contributed by atoms with van der Waals surface area (Å²) in [6, 6.07) is 9.99. The number of anilines is 1. The first-order valence-corrected chi connectivity index (χ1v) is 7.23. The Morgan fingerprint density at radius 1 is 1.37 bits per heavy atom. The van der Waals surface area contributed by atoms with Crippen molar-refractivity contribution >= 4 is 33.0 Å². The van der Waals surface area contributed by atoms with Gasteiger partial charge in [-0.25, -0.2) is 0 Å². The summed E-state index contributed by atoms with van der Waals surface area (Å²) < 4.78 is 1.19. The molecule has 0 radical (unpaired) electrons.